The number of nitrogens with one attached hydrogen (secondary N) is 2. The van der Waals surface area contributed by atoms with Gasteiger partial charge in [0, 0.05) is 12.1 Å². The number of hydrogen-bond acceptors (Lipinski definition) is 4. The summed E-state index contributed by atoms with van der Waals surface area (Å²) >= 11 is 5.69. The van der Waals surface area contributed by atoms with E-state index in [1.54, 1.807) is 12.1 Å². The molecule has 0 radical (unpaired) electrons. The van der Waals surface area contributed by atoms with E-state index in [9.17, 15) is 13.6 Å². The van der Waals surface area contributed by atoms with Gasteiger partial charge in [0.1, 0.15) is 17.3 Å². The van der Waals surface area contributed by atoms with Crippen LogP contribution in [-0.4, -0.2) is 15.2 Å². The van der Waals surface area contributed by atoms with Gasteiger partial charge in [0.15, 0.2) is 0 Å². The molecule has 122 valence electrons. The van der Waals surface area contributed by atoms with Crippen molar-refractivity contribution in [3.8, 4) is 0 Å². The number of H-pyrrole nitrogens is 1. The minimum Gasteiger partial charge on any atom is -0.324 e. The Morgan fingerprint density at radius 2 is 1.83 bits per heavy atom. The number of aromatic nitrogens is 3. The molecule has 2 aromatic carbocycles. The summed E-state index contributed by atoms with van der Waals surface area (Å²) in [6.07, 6.45) is 0.227. The monoisotopic (exact) mass is 348 g/mol. The molecule has 0 spiro atoms. The van der Waals surface area contributed by atoms with Gasteiger partial charge in [-0.2, -0.15) is 0 Å². The van der Waals surface area contributed by atoms with Crippen LogP contribution in [0.5, 0.6) is 0 Å². The van der Waals surface area contributed by atoms with E-state index < -0.39 is 11.4 Å². The Kier molecular flexibility index (Phi) is 4.52. The third-order valence-electron chi connectivity index (χ3n) is 3.23. The number of halogens is 3. The molecule has 0 unspecified atom stereocenters. The highest BCUT2D eigenvalue weighted by Crippen LogP contribution is 2.20. The Labute approximate surface area is 140 Å². The average Bonchev–Trinajstić information content (AvgIpc) is 2.55. The molecule has 0 saturated heterocycles. The van der Waals surface area contributed by atoms with Crippen LogP contribution < -0.4 is 10.9 Å². The SMILES string of the molecule is O=c1[nH]c(Nc2ccc(F)c(Cl)c2)nnc1Cc1ccc(F)cc1. The lowest BCUT2D eigenvalue weighted by molar-refractivity contribution is 0.627. The fourth-order valence-corrected chi connectivity index (χ4v) is 2.22. The normalized spacial score (nSPS) is 10.6. The van der Waals surface area contributed by atoms with E-state index >= 15 is 0 Å². The summed E-state index contributed by atoms with van der Waals surface area (Å²) in [6, 6.07) is 9.78. The largest absolute Gasteiger partial charge is 0.324 e. The topological polar surface area (TPSA) is 70.7 Å². The average molecular weight is 349 g/mol. The summed E-state index contributed by atoms with van der Waals surface area (Å²) in [5.41, 5.74) is 0.967. The van der Waals surface area contributed by atoms with E-state index in [4.69, 9.17) is 11.6 Å². The molecule has 1 aromatic heterocycles. The van der Waals surface area contributed by atoms with E-state index in [1.165, 1.54) is 30.3 Å². The minimum atomic E-state index is -0.545. The zero-order valence-corrected chi connectivity index (χ0v) is 12.9. The van der Waals surface area contributed by atoms with Crippen LogP contribution in [0.25, 0.3) is 0 Å². The highest BCUT2D eigenvalue weighted by molar-refractivity contribution is 6.31. The Hall–Kier alpha value is -2.80. The first-order valence-corrected chi connectivity index (χ1v) is 7.31. The van der Waals surface area contributed by atoms with Crippen molar-refractivity contribution in [1.29, 1.82) is 0 Å². The zero-order chi connectivity index (χ0) is 17.1. The molecule has 0 aliphatic rings. The third-order valence-corrected chi connectivity index (χ3v) is 3.52. The maximum atomic E-state index is 13.1. The van der Waals surface area contributed by atoms with Crippen molar-refractivity contribution in [2.24, 2.45) is 0 Å². The highest BCUT2D eigenvalue weighted by Gasteiger charge is 2.08. The number of nitrogens with zero attached hydrogens (tertiary/aromatic N) is 2. The fraction of sp³-hybridized carbons (Fsp3) is 0.0625. The maximum absolute atomic E-state index is 13.1. The summed E-state index contributed by atoms with van der Waals surface area (Å²) < 4.78 is 26.0. The van der Waals surface area contributed by atoms with Gasteiger partial charge in [-0.3, -0.25) is 9.78 Å². The second-order valence-electron chi connectivity index (χ2n) is 5.01. The maximum Gasteiger partial charge on any atom is 0.274 e. The first kappa shape index (κ1) is 16.1. The molecule has 0 aliphatic carbocycles. The molecule has 0 amide bonds. The zero-order valence-electron chi connectivity index (χ0n) is 12.2. The van der Waals surface area contributed by atoms with Gasteiger partial charge in [0.25, 0.3) is 5.56 Å². The summed E-state index contributed by atoms with van der Waals surface area (Å²) in [4.78, 5) is 14.6. The molecule has 5 nitrogen and oxygen atoms in total. The molecule has 0 fully saturated rings. The van der Waals surface area contributed by atoms with Gasteiger partial charge in [-0.25, -0.2) is 8.78 Å². The molecular formula is C16H11ClF2N4O. The summed E-state index contributed by atoms with van der Waals surface area (Å²) in [5, 5.41) is 10.5. The van der Waals surface area contributed by atoms with Crippen LogP contribution in [0.15, 0.2) is 47.3 Å². The van der Waals surface area contributed by atoms with Gasteiger partial charge in [-0.15, -0.1) is 10.2 Å². The Morgan fingerprint density at radius 3 is 2.50 bits per heavy atom. The molecule has 0 aliphatic heterocycles. The van der Waals surface area contributed by atoms with Crippen molar-refractivity contribution < 1.29 is 8.78 Å². The van der Waals surface area contributed by atoms with Crippen molar-refractivity contribution in [3.05, 3.63) is 80.7 Å². The standard InChI is InChI=1S/C16H11ClF2N4O/c17-12-8-11(5-6-13(12)19)20-16-21-15(24)14(22-23-16)7-9-1-3-10(18)4-2-9/h1-6,8H,7H2,(H2,20,21,23,24). The van der Waals surface area contributed by atoms with Crippen LogP contribution in [-0.2, 0) is 6.42 Å². The molecule has 0 saturated carbocycles. The van der Waals surface area contributed by atoms with E-state index in [0.717, 1.165) is 5.56 Å². The smallest absolute Gasteiger partial charge is 0.274 e. The quantitative estimate of drug-likeness (QED) is 0.757. The van der Waals surface area contributed by atoms with Crippen LogP contribution >= 0.6 is 11.6 Å². The third kappa shape index (κ3) is 3.75. The van der Waals surface area contributed by atoms with Crippen LogP contribution in [0.1, 0.15) is 11.3 Å². The van der Waals surface area contributed by atoms with Crippen molar-refractivity contribution in [2.75, 3.05) is 5.32 Å². The van der Waals surface area contributed by atoms with Crippen molar-refractivity contribution in [3.63, 3.8) is 0 Å². The number of anilines is 2. The van der Waals surface area contributed by atoms with Gasteiger partial charge >= 0.3 is 0 Å². The van der Waals surface area contributed by atoms with E-state index in [-0.39, 0.29) is 28.9 Å². The van der Waals surface area contributed by atoms with Crippen molar-refractivity contribution >= 4 is 23.2 Å². The first-order valence-electron chi connectivity index (χ1n) is 6.93. The number of aromatic amines is 1. The lowest BCUT2D eigenvalue weighted by atomic mass is 10.1. The second-order valence-corrected chi connectivity index (χ2v) is 5.41. The molecule has 0 atom stereocenters. The van der Waals surface area contributed by atoms with Crippen LogP contribution in [0.4, 0.5) is 20.4 Å². The Balaban J connectivity index is 1.78. The molecular weight excluding hydrogens is 338 g/mol. The minimum absolute atomic E-state index is 0.0526. The Bertz CT molecular complexity index is 928. The van der Waals surface area contributed by atoms with E-state index in [0.29, 0.717) is 5.69 Å². The van der Waals surface area contributed by atoms with Crippen LogP contribution in [0.3, 0.4) is 0 Å². The molecule has 2 N–H and O–H groups in total. The summed E-state index contributed by atoms with van der Waals surface area (Å²) in [5.74, 6) is -0.793. The molecule has 24 heavy (non-hydrogen) atoms. The predicted molar refractivity (Wildman–Crippen MR) is 86.6 cm³/mol. The van der Waals surface area contributed by atoms with Crippen LogP contribution in [0.2, 0.25) is 5.02 Å². The first-order chi connectivity index (χ1) is 11.5. The van der Waals surface area contributed by atoms with Gasteiger partial charge in [-0.1, -0.05) is 23.7 Å². The number of rotatable bonds is 4. The summed E-state index contributed by atoms with van der Waals surface area (Å²) in [7, 11) is 0. The summed E-state index contributed by atoms with van der Waals surface area (Å²) in [6.45, 7) is 0. The number of hydrogen-bond donors (Lipinski definition) is 2. The van der Waals surface area contributed by atoms with Crippen LogP contribution in [0, 0.1) is 11.6 Å². The van der Waals surface area contributed by atoms with Crippen molar-refractivity contribution in [1.82, 2.24) is 15.2 Å². The second kappa shape index (κ2) is 6.76. The lowest BCUT2D eigenvalue weighted by Crippen LogP contribution is -2.18. The van der Waals surface area contributed by atoms with Crippen molar-refractivity contribution in [2.45, 2.75) is 6.42 Å². The lowest BCUT2D eigenvalue weighted by Gasteiger charge is -2.06. The van der Waals surface area contributed by atoms with E-state index in [2.05, 4.69) is 20.5 Å². The predicted octanol–water partition coefficient (Wildman–Crippen LogP) is 3.43. The van der Waals surface area contributed by atoms with Gasteiger partial charge in [-0.05, 0) is 35.9 Å². The fourth-order valence-electron chi connectivity index (χ4n) is 2.04. The van der Waals surface area contributed by atoms with Gasteiger partial charge in [0.05, 0.1) is 5.02 Å². The molecule has 0 bridgehead atoms. The number of benzene rings is 2. The molecule has 3 rings (SSSR count). The van der Waals surface area contributed by atoms with Gasteiger partial charge in [0.2, 0.25) is 5.95 Å². The van der Waals surface area contributed by atoms with E-state index in [1.807, 2.05) is 0 Å². The van der Waals surface area contributed by atoms with Gasteiger partial charge < -0.3 is 5.32 Å². The molecule has 8 heteroatoms. The molecule has 3 aromatic rings. The molecule has 1 heterocycles. The highest BCUT2D eigenvalue weighted by atomic mass is 35.5. The Morgan fingerprint density at radius 1 is 1.08 bits per heavy atom.